The summed E-state index contributed by atoms with van der Waals surface area (Å²) in [6, 6.07) is 7.33. The van der Waals surface area contributed by atoms with Crippen LogP contribution in [-0.4, -0.2) is 62.1 Å². The first-order chi connectivity index (χ1) is 12.7. The van der Waals surface area contributed by atoms with Crippen LogP contribution in [0.25, 0.3) is 0 Å². The van der Waals surface area contributed by atoms with Gasteiger partial charge < -0.3 is 14.4 Å². The smallest absolute Gasteiger partial charge is 0.260 e. The summed E-state index contributed by atoms with van der Waals surface area (Å²) in [7, 11) is 1.63. The summed E-state index contributed by atoms with van der Waals surface area (Å²) in [6.45, 7) is 4.86. The van der Waals surface area contributed by atoms with E-state index in [0.717, 1.165) is 49.7 Å². The number of hydrogen-bond acceptors (Lipinski definition) is 4. The highest BCUT2D eigenvalue weighted by Crippen LogP contribution is 2.43. The topological polar surface area (TPSA) is 42.0 Å². The summed E-state index contributed by atoms with van der Waals surface area (Å²) < 4.78 is 10.7. The maximum Gasteiger partial charge on any atom is 0.260 e. The van der Waals surface area contributed by atoms with Gasteiger partial charge in [-0.1, -0.05) is 12.2 Å². The van der Waals surface area contributed by atoms with Crippen LogP contribution in [-0.2, 0) is 4.79 Å². The molecule has 2 aliphatic carbocycles. The summed E-state index contributed by atoms with van der Waals surface area (Å²) in [6.07, 6.45) is 7.55. The fourth-order valence-electron chi connectivity index (χ4n) is 4.52. The molecular formula is C21H28N2O3. The molecule has 1 aliphatic heterocycles. The van der Waals surface area contributed by atoms with Gasteiger partial charge in [0.25, 0.3) is 5.91 Å². The summed E-state index contributed by atoms with van der Waals surface area (Å²) in [5.74, 6) is 4.02. The lowest BCUT2D eigenvalue weighted by Crippen LogP contribution is -2.51. The van der Waals surface area contributed by atoms with Crippen molar-refractivity contribution >= 4 is 5.91 Å². The van der Waals surface area contributed by atoms with E-state index in [2.05, 4.69) is 17.1 Å². The van der Waals surface area contributed by atoms with E-state index in [1.807, 2.05) is 29.2 Å². The molecule has 0 radical (unpaired) electrons. The van der Waals surface area contributed by atoms with Crippen molar-refractivity contribution in [3.63, 3.8) is 0 Å². The average Bonchev–Trinajstić information content (AvgIpc) is 3.30. The van der Waals surface area contributed by atoms with Crippen molar-refractivity contribution in [2.24, 2.45) is 17.8 Å². The molecule has 1 aromatic carbocycles. The highest BCUT2D eigenvalue weighted by atomic mass is 16.5. The Labute approximate surface area is 155 Å². The molecule has 1 aromatic rings. The number of carbonyl (C=O) groups is 1. The minimum Gasteiger partial charge on any atom is -0.497 e. The Kier molecular flexibility index (Phi) is 5.16. The van der Waals surface area contributed by atoms with Gasteiger partial charge in [0.1, 0.15) is 11.5 Å². The zero-order valence-electron chi connectivity index (χ0n) is 15.5. The first kappa shape index (κ1) is 17.4. The number of fused-ring (bicyclic) bond motifs is 2. The molecule has 26 heavy (non-hydrogen) atoms. The van der Waals surface area contributed by atoms with Gasteiger partial charge in [-0.15, -0.1) is 0 Å². The molecule has 0 aromatic heterocycles. The minimum absolute atomic E-state index is 0.0725. The van der Waals surface area contributed by atoms with Gasteiger partial charge in [0.15, 0.2) is 6.61 Å². The number of benzene rings is 1. The molecule has 0 N–H and O–H groups in total. The molecule has 1 saturated heterocycles. The van der Waals surface area contributed by atoms with Crippen LogP contribution in [0.5, 0.6) is 11.5 Å². The van der Waals surface area contributed by atoms with E-state index in [0.29, 0.717) is 5.75 Å². The van der Waals surface area contributed by atoms with Crippen molar-refractivity contribution in [3.8, 4) is 11.5 Å². The second-order valence-corrected chi connectivity index (χ2v) is 7.69. The van der Waals surface area contributed by atoms with Crippen LogP contribution in [0.1, 0.15) is 12.8 Å². The maximum atomic E-state index is 12.4. The van der Waals surface area contributed by atoms with Crippen LogP contribution >= 0.6 is 0 Å². The third-order valence-corrected chi connectivity index (χ3v) is 6.06. The molecule has 2 fully saturated rings. The van der Waals surface area contributed by atoms with Gasteiger partial charge in [-0.2, -0.15) is 0 Å². The van der Waals surface area contributed by atoms with Gasteiger partial charge in [0, 0.05) is 32.7 Å². The molecule has 140 valence electrons. The summed E-state index contributed by atoms with van der Waals surface area (Å²) in [5.41, 5.74) is 0. The zero-order valence-corrected chi connectivity index (χ0v) is 15.5. The number of carbonyl (C=O) groups excluding carboxylic acids is 1. The van der Waals surface area contributed by atoms with E-state index < -0.39 is 0 Å². The quantitative estimate of drug-likeness (QED) is 0.734. The number of allylic oxidation sites excluding steroid dienone is 2. The van der Waals surface area contributed by atoms with Gasteiger partial charge in [-0.05, 0) is 54.9 Å². The number of hydrogen-bond donors (Lipinski definition) is 0. The molecule has 0 unspecified atom stereocenters. The molecule has 1 saturated carbocycles. The highest BCUT2D eigenvalue weighted by molar-refractivity contribution is 5.77. The average molecular weight is 356 g/mol. The minimum atomic E-state index is 0.0725. The fourth-order valence-corrected chi connectivity index (χ4v) is 4.52. The first-order valence-corrected chi connectivity index (χ1v) is 9.66. The summed E-state index contributed by atoms with van der Waals surface area (Å²) in [5, 5.41) is 0. The van der Waals surface area contributed by atoms with Gasteiger partial charge in [-0.3, -0.25) is 9.69 Å². The van der Waals surface area contributed by atoms with E-state index in [4.69, 9.17) is 9.47 Å². The first-order valence-electron chi connectivity index (χ1n) is 9.66. The van der Waals surface area contributed by atoms with Crippen LogP contribution in [0.15, 0.2) is 36.4 Å². The number of nitrogens with zero attached hydrogens (tertiary/aromatic N) is 2. The fraction of sp³-hybridized carbons (Fsp3) is 0.571. The molecule has 3 aliphatic rings. The lowest BCUT2D eigenvalue weighted by Gasteiger charge is -2.36. The Morgan fingerprint density at radius 2 is 1.77 bits per heavy atom. The summed E-state index contributed by atoms with van der Waals surface area (Å²) in [4.78, 5) is 16.9. The summed E-state index contributed by atoms with van der Waals surface area (Å²) >= 11 is 0. The lowest BCUT2D eigenvalue weighted by atomic mass is 9.93. The predicted molar refractivity (Wildman–Crippen MR) is 100 cm³/mol. The Morgan fingerprint density at radius 3 is 2.38 bits per heavy atom. The van der Waals surface area contributed by atoms with Gasteiger partial charge >= 0.3 is 0 Å². The van der Waals surface area contributed by atoms with Crippen LogP contribution in [0.4, 0.5) is 0 Å². The molecule has 1 amide bonds. The van der Waals surface area contributed by atoms with E-state index >= 15 is 0 Å². The predicted octanol–water partition coefficient (Wildman–Crippen LogP) is 2.43. The number of piperazine rings is 1. The number of methoxy groups -OCH3 is 1. The Hall–Kier alpha value is -2.01. The Bertz CT molecular complexity index is 650. The number of amides is 1. The molecule has 3 atom stereocenters. The lowest BCUT2D eigenvalue weighted by molar-refractivity contribution is -0.135. The van der Waals surface area contributed by atoms with Crippen LogP contribution in [0.3, 0.4) is 0 Å². The van der Waals surface area contributed by atoms with Crippen molar-refractivity contribution in [2.75, 3.05) is 46.4 Å². The van der Waals surface area contributed by atoms with Crippen molar-refractivity contribution in [2.45, 2.75) is 12.8 Å². The maximum absolute atomic E-state index is 12.4. The van der Waals surface area contributed by atoms with Crippen LogP contribution in [0, 0.1) is 17.8 Å². The van der Waals surface area contributed by atoms with E-state index in [1.165, 1.54) is 19.4 Å². The Morgan fingerprint density at radius 1 is 1.04 bits per heavy atom. The normalized spacial score (nSPS) is 27.7. The van der Waals surface area contributed by atoms with Crippen molar-refractivity contribution < 1.29 is 14.3 Å². The van der Waals surface area contributed by atoms with Gasteiger partial charge in [0.2, 0.25) is 0 Å². The number of rotatable bonds is 6. The molecule has 4 rings (SSSR count). The molecule has 0 spiro atoms. The van der Waals surface area contributed by atoms with E-state index in [9.17, 15) is 4.79 Å². The molecule has 1 heterocycles. The third-order valence-electron chi connectivity index (χ3n) is 6.06. The zero-order chi connectivity index (χ0) is 17.9. The largest absolute Gasteiger partial charge is 0.497 e. The molecular weight excluding hydrogens is 328 g/mol. The molecule has 5 heteroatoms. The second-order valence-electron chi connectivity index (χ2n) is 7.69. The van der Waals surface area contributed by atoms with Crippen molar-refractivity contribution in [3.05, 3.63) is 36.4 Å². The van der Waals surface area contributed by atoms with E-state index in [1.54, 1.807) is 7.11 Å². The second kappa shape index (κ2) is 7.70. The molecule has 2 bridgehead atoms. The van der Waals surface area contributed by atoms with Gasteiger partial charge in [-0.25, -0.2) is 0 Å². The van der Waals surface area contributed by atoms with Gasteiger partial charge in [0.05, 0.1) is 7.11 Å². The molecule has 5 nitrogen and oxygen atoms in total. The SMILES string of the molecule is COc1ccc(OCC(=O)N2CCN(C[C@@H]3C[C@H]4C=C[C@H]3C4)CC2)cc1. The van der Waals surface area contributed by atoms with Crippen LogP contribution < -0.4 is 9.47 Å². The van der Waals surface area contributed by atoms with Crippen molar-refractivity contribution in [1.82, 2.24) is 9.80 Å². The van der Waals surface area contributed by atoms with Crippen molar-refractivity contribution in [1.29, 1.82) is 0 Å². The highest BCUT2D eigenvalue weighted by Gasteiger charge is 2.36. The Balaban J connectivity index is 1.19. The third kappa shape index (κ3) is 3.88. The standard InChI is InChI=1S/C21H28N2O3/c1-25-19-4-6-20(7-5-19)26-15-21(24)23-10-8-22(9-11-23)14-18-13-16-2-3-17(18)12-16/h2-7,16-18H,8-15H2,1H3/t16-,17-,18-/m0/s1. The van der Waals surface area contributed by atoms with E-state index in [-0.39, 0.29) is 12.5 Å². The number of ether oxygens (including phenoxy) is 2. The monoisotopic (exact) mass is 356 g/mol. The van der Waals surface area contributed by atoms with Crippen LogP contribution in [0.2, 0.25) is 0 Å².